The number of carboxylic acids is 1. The van der Waals surface area contributed by atoms with Gasteiger partial charge < -0.3 is 9.84 Å². The molecule has 1 heterocycles. The summed E-state index contributed by atoms with van der Waals surface area (Å²) in [7, 11) is 0. The number of carboxylic acid groups (broad SMARTS) is 1. The molecule has 0 bridgehead atoms. The Labute approximate surface area is 109 Å². The number of aliphatic carboxylic acids is 1. The molecule has 2 rings (SSSR count). The van der Waals surface area contributed by atoms with Crippen LogP contribution >= 0.6 is 0 Å². The highest BCUT2D eigenvalue weighted by Crippen LogP contribution is 2.16. The molecule has 6 nitrogen and oxygen atoms in total. The van der Waals surface area contributed by atoms with E-state index in [9.17, 15) is 4.79 Å². The van der Waals surface area contributed by atoms with Gasteiger partial charge in [0, 0.05) is 6.08 Å². The molecule has 0 aliphatic heterocycles. The summed E-state index contributed by atoms with van der Waals surface area (Å²) >= 11 is 0. The van der Waals surface area contributed by atoms with Crippen LogP contribution in [0.4, 0.5) is 0 Å². The summed E-state index contributed by atoms with van der Waals surface area (Å²) in [5.41, 5.74) is 2.06. The SMILES string of the molecule is Cc1nonc1COc1cccc(C=CC(=O)O)c1. The van der Waals surface area contributed by atoms with E-state index in [-0.39, 0.29) is 6.61 Å². The van der Waals surface area contributed by atoms with Gasteiger partial charge in [0.2, 0.25) is 0 Å². The second kappa shape index (κ2) is 5.81. The highest BCUT2D eigenvalue weighted by Gasteiger charge is 2.05. The fraction of sp³-hybridized carbons (Fsp3) is 0.154. The Balaban J connectivity index is 2.03. The van der Waals surface area contributed by atoms with Crippen LogP contribution in [0.3, 0.4) is 0 Å². The average Bonchev–Trinajstić information content (AvgIpc) is 2.80. The highest BCUT2D eigenvalue weighted by molar-refractivity contribution is 5.85. The quantitative estimate of drug-likeness (QED) is 0.828. The molecule has 0 unspecified atom stereocenters. The molecule has 0 saturated heterocycles. The van der Waals surface area contributed by atoms with Crippen molar-refractivity contribution in [3.63, 3.8) is 0 Å². The van der Waals surface area contributed by atoms with E-state index >= 15 is 0 Å². The molecule has 0 fully saturated rings. The van der Waals surface area contributed by atoms with E-state index in [2.05, 4.69) is 14.9 Å². The second-order valence-electron chi connectivity index (χ2n) is 3.83. The van der Waals surface area contributed by atoms with Crippen molar-refractivity contribution < 1.29 is 19.3 Å². The van der Waals surface area contributed by atoms with Gasteiger partial charge in [-0.05, 0) is 30.7 Å². The number of nitrogens with zero attached hydrogens (tertiary/aromatic N) is 2. The zero-order valence-electron chi connectivity index (χ0n) is 10.2. The molecule has 19 heavy (non-hydrogen) atoms. The zero-order chi connectivity index (χ0) is 13.7. The lowest BCUT2D eigenvalue weighted by atomic mass is 10.2. The number of benzene rings is 1. The van der Waals surface area contributed by atoms with Gasteiger partial charge in [-0.2, -0.15) is 0 Å². The number of hydrogen-bond donors (Lipinski definition) is 1. The van der Waals surface area contributed by atoms with Crippen LogP contribution in [-0.4, -0.2) is 21.4 Å². The van der Waals surface area contributed by atoms with Crippen LogP contribution < -0.4 is 4.74 Å². The third kappa shape index (κ3) is 3.67. The van der Waals surface area contributed by atoms with Crippen molar-refractivity contribution in [3.05, 3.63) is 47.3 Å². The molecular weight excluding hydrogens is 248 g/mol. The molecule has 1 aromatic carbocycles. The van der Waals surface area contributed by atoms with Crippen LogP contribution in [0.15, 0.2) is 35.0 Å². The first-order valence-electron chi connectivity index (χ1n) is 5.57. The van der Waals surface area contributed by atoms with Gasteiger partial charge in [-0.25, -0.2) is 9.42 Å². The molecule has 0 amide bonds. The van der Waals surface area contributed by atoms with Crippen LogP contribution in [0.1, 0.15) is 17.0 Å². The molecule has 1 aromatic heterocycles. The molecule has 0 atom stereocenters. The Morgan fingerprint density at radius 3 is 3.00 bits per heavy atom. The summed E-state index contributed by atoms with van der Waals surface area (Å²) in [6.07, 6.45) is 2.57. The van der Waals surface area contributed by atoms with Crippen molar-refractivity contribution in [1.29, 1.82) is 0 Å². The summed E-state index contributed by atoms with van der Waals surface area (Å²) in [6.45, 7) is 2.03. The van der Waals surface area contributed by atoms with E-state index < -0.39 is 5.97 Å². The summed E-state index contributed by atoms with van der Waals surface area (Å²) in [5.74, 6) is -0.370. The van der Waals surface area contributed by atoms with Crippen LogP contribution in [0.5, 0.6) is 5.75 Å². The summed E-state index contributed by atoms with van der Waals surface area (Å²) in [6, 6.07) is 7.09. The van der Waals surface area contributed by atoms with Crippen molar-refractivity contribution in [2.75, 3.05) is 0 Å². The molecule has 0 aliphatic carbocycles. The van der Waals surface area contributed by atoms with E-state index in [4.69, 9.17) is 9.84 Å². The molecule has 0 aliphatic rings. The Bertz CT molecular complexity index is 604. The zero-order valence-corrected chi connectivity index (χ0v) is 10.2. The normalized spacial score (nSPS) is 10.8. The summed E-state index contributed by atoms with van der Waals surface area (Å²) in [5, 5.41) is 15.9. The number of hydrogen-bond acceptors (Lipinski definition) is 5. The van der Waals surface area contributed by atoms with E-state index in [0.717, 1.165) is 11.6 Å². The van der Waals surface area contributed by atoms with Crippen molar-refractivity contribution >= 4 is 12.0 Å². The molecule has 6 heteroatoms. The van der Waals surface area contributed by atoms with Crippen LogP contribution in [0.25, 0.3) is 6.08 Å². The standard InChI is InChI=1S/C13H12N2O4/c1-9-12(15-19-14-9)8-18-11-4-2-3-10(7-11)5-6-13(16)17/h2-7H,8H2,1H3,(H,16,17). The number of ether oxygens (including phenoxy) is 1. The lowest BCUT2D eigenvalue weighted by molar-refractivity contribution is -0.131. The highest BCUT2D eigenvalue weighted by atomic mass is 16.6. The lowest BCUT2D eigenvalue weighted by Gasteiger charge is -2.04. The van der Waals surface area contributed by atoms with Crippen LogP contribution in [0, 0.1) is 6.92 Å². The van der Waals surface area contributed by atoms with Gasteiger partial charge in [0.25, 0.3) is 0 Å². The number of rotatable bonds is 5. The van der Waals surface area contributed by atoms with E-state index in [1.165, 1.54) is 6.08 Å². The van der Waals surface area contributed by atoms with Crippen molar-refractivity contribution in [2.45, 2.75) is 13.5 Å². The summed E-state index contributed by atoms with van der Waals surface area (Å²) in [4.78, 5) is 10.4. The molecule has 0 spiro atoms. The molecular formula is C13H12N2O4. The lowest BCUT2D eigenvalue weighted by Crippen LogP contribution is -1.97. The van der Waals surface area contributed by atoms with Crippen molar-refractivity contribution in [2.24, 2.45) is 0 Å². The fourth-order valence-electron chi connectivity index (χ4n) is 1.41. The maximum atomic E-state index is 10.4. The minimum atomic E-state index is -0.990. The first kappa shape index (κ1) is 12.8. The van der Waals surface area contributed by atoms with Gasteiger partial charge in [0.05, 0.1) is 0 Å². The largest absolute Gasteiger partial charge is 0.487 e. The number of aromatic nitrogens is 2. The second-order valence-corrected chi connectivity index (χ2v) is 3.83. The molecule has 1 N–H and O–H groups in total. The van der Waals surface area contributed by atoms with E-state index in [1.54, 1.807) is 31.2 Å². The Hall–Kier alpha value is -2.63. The minimum absolute atomic E-state index is 0.251. The number of aryl methyl sites for hydroxylation is 1. The maximum Gasteiger partial charge on any atom is 0.328 e. The maximum absolute atomic E-state index is 10.4. The molecule has 98 valence electrons. The predicted molar refractivity (Wildman–Crippen MR) is 66.5 cm³/mol. The van der Waals surface area contributed by atoms with E-state index in [1.807, 2.05) is 0 Å². The average molecular weight is 260 g/mol. The molecule has 0 saturated carbocycles. The predicted octanol–water partition coefficient (Wildman–Crippen LogP) is 2.05. The van der Waals surface area contributed by atoms with Crippen LogP contribution in [0.2, 0.25) is 0 Å². The van der Waals surface area contributed by atoms with Crippen LogP contribution in [-0.2, 0) is 11.4 Å². The van der Waals surface area contributed by atoms with Gasteiger partial charge in [0.1, 0.15) is 23.7 Å². The van der Waals surface area contributed by atoms with Crippen molar-refractivity contribution in [1.82, 2.24) is 10.3 Å². The smallest absolute Gasteiger partial charge is 0.328 e. The third-order valence-electron chi connectivity index (χ3n) is 2.40. The first-order valence-corrected chi connectivity index (χ1v) is 5.57. The Morgan fingerprint density at radius 1 is 1.47 bits per heavy atom. The Morgan fingerprint density at radius 2 is 2.32 bits per heavy atom. The fourth-order valence-corrected chi connectivity index (χ4v) is 1.41. The van der Waals surface area contributed by atoms with Gasteiger partial charge in [0.15, 0.2) is 0 Å². The summed E-state index contributed by atoms with van der Waals surface area (Å²) < 4.78 is 10.1. The first-order chi connectivity index (χ1) is 9.15. The third-order valence-corrected chi connectivity index (χ3v) is 2.40. The molecule has 0 radical (unpaired) electrons. The molecule has 2 aromatic rings. The topological polar surface area (TPSA) is 85.5 Å². The van der Waals surface area contributed by atoms with Gasteiger partial charge >= 0.3 is 5.97 Å². The monoisotopic (exact) mass is 260 g/mol. The van der Waals surface area contributed by atoms with E-state index in [0.29, 0.717) is 17.1 Å². The van der Waals surface area contributed by atoms with Gasteiger partial charge in [-0.15, -0.1) is 0 Å². The number of carbonyl (C=O) groups is 1. The van der Waals surface area contributed by atoms with Gasteiger partial charge in [-0.3, -0.25) is 0 Å². The Kier molecular flexibility index (Phi) is 3.92. The minimum Gasteiger partial charge on any atom is -0.487 e. The van der Waals surface area contributed by atoms with Crippen molar-refractivity contribution in [3.8, 4) is 5.75 Å². The van der Waals surface area contributed by atoms with Gasteiger partial charge in [-0.1, -0.05) is 22.4 Å².